The molecule has 0 aliphatic heterocycles. The Morgan fingerprint density at radius 2 is 1.00 bits per heavy atom. The monoisotopic (exact) mass is 480 g/mol. The second kappa shape index (κ2) is 9.38. The second-order valence-corrected chi connectivity index (χ2v) is 9.90. The number of para-hydroxylation sites is 2. The number of fused-ring (bicyclic) bond motifs is 3. The van der Waals surface area contributed by atoms with Crippen LogP contribution in [0.2, 0.25) is 0 Å². The van der Waals surface area contributed by atoms with Crippen LogP contribution >= 0.6 is 0 Å². The minimum absolute atomic E-state index is 0.308. The quantitative estimate of drug-likeness (QED) is 0.253. The summed E-state index contributed by atoms with van der Waals surface area (Å²) in [5, 5.41) is 2.57. The number of benzene rings is 5. The molecule has 0 aliphatic rings. The van der Waals surface area contributed by atoms with Gasteiger partial charge >= 0.3 is 0 Å². The molecule has 0 atom stereocenters. The lowest BCUT2D eigenvalue weighted by atomic mass is 9.81. The highest BCUT2D eigenvalue weighted by Gasteiger charge is 2.25. The second-order valence-electron chi connectivity index (χ2n) is 9.90. The summed E-state index contributed by atoms with van der Waals surface area (Å²) >= 11 is 0. The molecule has 0 aliphatic carbocycles. The highest BCUT2D eigenvalue weighted by atomic mass is 15.0. The Morgan fingerprint density at radius 1 is 0.541 bits per heavy atom. The Kier molecular flexibility index (Phi) is 5.90. The van der Waals surface area contributed by atoms with Gasteiger partial charge in [0.25, 0.3) is 0 Å². The van der Waals surface area contributed by atoms with Gasteiger partial charge in [-0.15, -0.1) is 0 Å². The fourth-order valence-electron chi connectivity index (χ4n) is 5.65. The minimum atomic E-state index is -0.308. The van der Waals surface area contributed by atoms with Crippen molar-refractivity contribution in [2.24, 2.45) is 5.73 Å². The van der Waals surface area contributed by atoms with Crippen molar-refractivity contribution >= 4 is 21.8 Å². The molecule has 0 saturated heterocycles. The largest absolute Gasteiger partial charge is 0.321 e. The Labute approximate surface area is 219 Å². The van der Waals surface area contributed by atoms with Gasteiger partial charge in [0, 0.05) is 22.0 Å². The maximum Gasteiger partial charge on any atom is 0.0541 e. The Hall–Kier alpha value is -4.14. The van der Waals surface area contributed by atoms with Crippen LogP contribution in [-0.4, -0.2) is 4.57 Å². The van der Waals surface area contributed by atoms with E-state index < -0.39 is 0 Å². The molecular formula is C35H32N2. The average molecular weight is 481 g/mol. The molecule has 2 N–H and O–H groups in total. The van der Waals surface area contributed by atoms with Gasteiger partial charge < -0.3 is 10.3 Å². The van der Waals surface area contributed by atoms with Crippen molar-refractivity contribution in [3.8, 4) is 27.9 Å². The van der Waals surface area contributed by atoms with Crippen LogP contribution in [0.1, 0.15) is 32.3 Å². The maximum atomic E-state index is 6.80. The maximum absolute atomic E-state index is 6.80. The van der Waals surface area contributed by atoms with Crippen LogP contribution in [0.4, 0.5) is 0 Å². The van der Waals surface area contributed by atoms with Crippen LogP contribution in [0.3, 0.4) is 0 Å². The molecule has 2 nitrogen and oxygen atoms in total. The van der Waals surface area contributed by atoms with Crippen LogP contribution in [0.5, 0.6) is 0 Å². The lowest BCUT2D eigenvalue weighted by molar-refractivity contribution is 0.414. The Balaban J connectivity index is 1.35. The lowest BCUT2D eigenvalue weighted by Crippen LogP contribution is -2.35. The molecule has 2 heteroatoms. The molecule has 0 bridgehead atoms. The van der Waals surface area contributed by atoms with Crippen molar-refractivity contribution < 1.29 is 0 Å². The molecule has 0 amide bonds. The number of hydrogen-bond acceptors (Lipinski definition) is 1. The predicted octanol–water partition coefficient (Wildman–Crippen LogP) is 9.09. The smallest absolute Gasteiger partial charge is 0.0541 e. The van der Waals surface area contributed by atoms with E-state index in [1.807, 2.05) is 0 Å². The topological polar surface area (TPSA) is 30.9 Å². The van der Waals surface area contributed by atoms with Crippen LogP contribution in [-0.2, 0) is 5.54 Å². The molecule has 1 heterocycles. The normalized spacial score (nSPS) is 11.9. The van der Waals surface area contributed by atoms with Crippen molar-refractivity contribution in [3.05, 3.63) is 127 Å². The van der Waals surface area contributed by atoms with E-state index in [1.54, 1.807) is 0 Å². The van der Waals surface area contributed by atoms with Crippen molar-refractivity contribution in [1.29, 1.82) is 0 Å². The summed E-state index contributed by atoms with van der Waals surface area (Å²) in [5.41, 5.74) is 16.2. The van der Waals surface area contributed by atoms with E-state index in [9.17, 15) is 0 Å². The lowest BCUT2D eigenvalue weighted by Gasteiger charge is -2.30. The first kappa shape index (κ1) is 23.3. The van der Waals surface area contributed by atoms with Crippen molar-refractivity contribution in [3.63, 3.8) is 0 Å². The number of nitrogens with zero attached hydrogens (tertiary/aromatic N) is 1. The summed E-state index contributed by atoms with van der Waals surface area (Å²) in [5.74, 6) is 0. The van der Waals surface area contributed by atoms with E-state index in [2.05, 4.69) is 140 Å². The zero-order valence-electron chi connectivity index (χ0n) is 21.5. The summed E-state index contributed by atoms with van der Waals surface area (Å²) in [6.07, 6.45) is 1.83. The van der Waals surface area contributed by atoms with Gasteiger partial charge in [-0.1, -0.05) is 111 Å². The molecule has 5 aromatic carbocycles. The number of nitrogens with two attached hydrogens (primary N) is 1. The van der Waals surface area contributed by atoms with E-state index in [4.69, 9.17) is 5.73 Å². The Bertz CT molecular complexity index is 1630. The third-order valence-electron chi connectivity index (χ3n) is 7.96. The minimum Gasteiger partial charge on any atom is -0.321 e. The van der Waals surface area contributed by atoms with Crippen molar-refractivity contribution in [2.75, 3.05) is 0 Å². The molecule has 182 valence electrons. The van der Waals surface area contributed by atoms with Crippen molar-refractivity contribution in [1.82, 2.24) is 4.57 Å². The predicted molar refractivity (Wildman–Crippen MR) is 158 cm³/mol. The highest BCUT2D eigenvalue weighted by molar-refractivity contribution is 6.09. The number of hydrogen-bond donors (Lipinski definition) is 1. The molecule has 0 saturated carbocycles. The van der Waals surface area contributed by atoms with Gasteiger partial charge in [0.05, 0.1) is 11.0 Å². The molecule has 0 fully saturated rings. The first-order valence-electron chi connectivity index (χ1n) is 13.2. The molecule has 37 heavy (non-hydrogen) atoms. The summed E-state index contributed by atoms with van der Waals surface area (Å²) in [6.45, 7) is 4.35. The number of rotatable bonds is 6. The van der Waals surface area contributed by atoms with E-state index in [0.717, 1.165) is 12.8 Å². The van der Waals surface area contributed by atoms with Gasteiger partial charge in [0.2, 0.25) is 0 Å². The molecule has 0 unspecified atom stereocenters. The standard InChI is InChI=1S/C35H32N2/c1-3-35(36,4-2)32-14-8-5-11-29(32)27-19-17-25(18-20-27)26-21-23-28(24-22-26)37-33-15-9-6-12-30(33)31-13-7-10-16-34(31)37/h5-24H,3-4,36H2,1-2H3. The summed E-state index contributed by atoms with van der Waals surface area (Å²) in [4.78, 5) is 0. The van der Waals surface area contributed by atoms with E-state index in [1.165, 1.54) is 55.3 Å². The van der Waals surface area contributed by atoms with E-state index in [0.29, 0.717) is 0 Å². The fourth-order valence-corrected chi connectivity index (χ4v) is 5.65. The van der Waals surface area contributed by atoms with Gasteiger partial charge in [-0.05, 0) is 64.9 Å². The first-order valence-corrected chi connectivity index (χ1v) is 13.2. The molecule has 6 rings (SSSR count). The van der Waals surface area contributed by atoms with Crippen molar-refractivity contribution in [2.45, 2.75) is 32.2 Å². The van der Waals surface area contributed by atoms with Gasteiger partial charge in [-0.25, -0.2) is 0 Å². The molecule has 0 spiro atoms. The zero-order valence-corrected chi connectivity index (χ0v) is 21.5. The Morgan fingerprint density at radius 3 is 1.57 bits per heavy atom. The number of aromatic nitrogens is 1. The third kappa shape index (κ3) is 3.94. The van der Waals surface area contributed by atoms with Gasteiger partial charge in [0.15, 0.2) is 0 Å². The van der Waals surface area contributed by atoms with Gasteiger partial charge in [0.1, 0.15) is 0 Å². The molecule has 1 aromatic heterocycles. The SMILES string of the molecule is CCC(N)(CC)c1ccccc1-c1ccc(-c2ccc(-n3c4ccccc4c4ccccc43)cc2)cc1. The van der Waals surface area contributed by atoms with Gasteiger partial charge in [-0.3, -0.25) is 0 Å². The zero-order chi connectivity index (χ0) is 25.4. The fraction of sp³-hybridized carbons (Fsp3) is 0.143. The van der Waals surface area contributed by atoms with Crippen LogP contribution in [0.15, 0.2) is 121 Å². The van der Waals surface area contributed by atoms with Crippen LogP contribution in [0.25, 0.3) is 49.7 Å². The van der Waals surface area contributed by atoms with E-state index >= 15 is 0 Å². The highest BCUT2D eigenvalue weighted by Crippen LogP contribution is 2.36. The summed E-state index contributed by atoms with van der Waals surface area (Å²) in [6, 6.07) is 43.6. The average Bonchev–Trinajstić information content (AvgIpc) is 3.31. The van der Waals surface area contributed by atoms with Gasteiger partial charge in [-0.2, -0.15) is 0 Å². The summed E-state index contributed by atoms with van der Waals surface area (Å²) < 4.78 is 2.36. The molecule has 0 radical (unpaired) electrons. The first-order chi connectivity index (χ1) is 18.1. The van der Waals surface area contributed by atoms with E-state index in [-0.39, 0.29) is 5.54 Å². The summed E-state index contributed by atoms with van der Waals surface area (Å²) in [7, 11) is 0. The van der Waals surface area contributed by atoms with Crippen LogP contribution in [0, 0.1) is 0 Å². The third-order valence-corrected chi connectivity index (χ3v) is 7.96. The molecule has 6 aromatic rings. The van der Waals surface area contributed by atoms with Crippen LogP contribution < -0.4 is 5.73 Å². The molecular weight excluding hydrogens is 448 g/mol.